The third-order valence-electron chi connectivity index (χ3n) is 4.02. The number of para-hydroxylation sites is 1. The largest absolute Gasteiger partial charge is 0.436 e. The zero-order chi connectivity index (χ0) is 19.7. The van der Waals surface area contributed by atoms with Crippen LogP contribution in [0.5, 0.6) is 0 Å². The second-order valence-corrected chi connectivity index (χ2v) is 6.28. The lowest BCUT2D eigenvalue weighted by Crippen LogP contribution is -1.93. The molecule has 0 aliphatic rings. The summed E-state index contributed by atoms with van der Waals surface area (Å²) in [6.45, 7) is 0. The number of hydrogen-bond donors (Lipinski definition) is 0. The highest BCUT2D eigenvalue weighted by atomic mass is 35.5. The molecule has 138 valence electrons. The van der Waals surface area contributed by atoms with E-state index < -0.39 is 10.7 Å². The molecule has 0 saturated carbocycles. The molecule has 0 unspecified atom stereocenters. The van der Waals surface area contributed by atoms with Crippen LogP contribution in [0.25, 0.3) is 22.6 Å². The molecule has 0 amide bonds. The molecule has 0 N–H and O–H groups in total. The maximum atomic E-state index is 13.2. The number of aromatic nitrogens is 1. The summed E-state index contributed by atoms with van der Waals surface area (Å²) < 4.78 is 18.9. The van der Waals surface area contributed by atoms with E-state index in [-0.39, 0.29) is 16.6 Å². The van der Waals surface area contributed by atoms with Crippen LogP contribution in [0.2, 0.25) is 5.02 Å². The minimum Gasteiger partial charge on any atom is -0.436 e. The predicted octanol–water partition coefficient (Wildman–Crippen LogP) is 5.95. The van der Waals surface area contributed by atoms with Crippen molar-refractivity contribution in [3.8, 4) is 11.5 Å². The summed E-state index contributed by atoms with van der Waals surface area (Å²) in [5, 5.41) is 11.3. The number of nitro groups is 1. The SMILES string of the molecule is O=[N+]([O-])c1ccccc1C=Nc1ccc2oc(-c3ccc(F)cc3Cl)nc2c1. The number of hydrogen-bond acceptors (Lipinski definition) is 5. The van der Waals surface area contributed by atoms with Crippen LogP contribution in [-0.2, 0) is 0 Å². The average molecular weight is 396 g/mol. The summed E-state index contributed by atoms with van der Waals surface area (Å²) in [5.41, 5.74) is 2.45. The number of nitrogens with zero attached hydrogens (tertiary/aromatic N) is 3. The molecule has 28 heavy (non-hydrogen) atoms. The summed E-state index contributed by atoms with van der Waals surface area (Å²) in [6, 6.07) is 15.4. The van der Waals surface area contributed by atoms with Crippen LogP contribution in [0.3, 0.4) is 0 Å². The fourth-order valence-electron chi connectivity index (χ4n) is 2.68. The predicted molar refractivity (Wildman–Crippen MR) is 105 cm³/mol. The number of aliphatic imine (C=N–C) groups is 1. The molecule has 0 radical (unpaired) electrons. The Morgan fingerprint density at radius 3 is 2.75 bits per heavy atom. The lowest BCUT2D eigenvalue weighted by Gasteiger charge is -1.98. The van der Waals surface area contributed by atoms with E-state index in [9.17, 15) is 14.5 Å². The van der Waals surface area contributed by atoms with Crippen LogP contribution in [-0.4, -0.2) is 16.1 Å². The van der Waals surface area contributed by atoms with E-state index in [1.165, 1.54) is 30.5 Å². The first kappa shape index (κ1) is 17.8. The van der Waals surface area contributed by atoms with Gasteiger partial charge < -0.3 is 4.42 Å². The van der Waals surface area contributed by atoms with Gasteiger partial charge in [-0.15, -0.1) is 0 Å². The molecule has 4 aromatic rings. The molecule has 0 aliphatic carbocycles. The maximum absolute atomic E-state index is 13.2. The summed E-state index contributed by atoms with van der Waals surface area (Å²) in [6.07, 6.45) is 1.43. The van der Waals surface area contributed by atoms with Crippen LogP contribution in [0.1, 0.15) is 5.56 Å². The van der Waals surface area contributed by atoms with Crippen LogP contribution < -0.4 is 0 Å². The van der Waals surface area contributed by atoms with Crippen LogP contribution >= 0.6 is 11.6 Å². The maximum Gasteiger partial charge on any atom is 0.278 e. The molecule has 3 aromatic carbocycles. The number of fused-ring (bicyclic) bond motifs is 1. The van der Waals surface area contributed by atoms with Crippen molar-refractivity contribution in [2.75, 3.05) is 0 Å². The first-order valence-electron chi connectivity index (χ1n) is 8.15. The second kappa shape index (κ2) is 7.21. The van der Waals surface area contributed by atoms with Crippen LogP contribution in [0.4, 0.5) is 15.8 Å². The number of halogens is 2. The Labute approximate surface area is 163 Å². The molecule has 0 fully saturated rings. The third-order valence-corrected chi connectivity index (χ3v) is 4.33. The molecule has 1 heterocycles. The van der Waals surface area contributed by atoms with E-state index >= 15 is 0 Å². The zero-order valence-electron chi connectivity index (χ0n) is 14.2. The molecular weight excluding hydrogens is 385 g/mol. The Hall–Kier alpha value is -3.58. The highest BCUT2D eigenvalue weighted by Crippen LogP contribution is 2.31. The van der Waals surface area contributed by atoms with Gasteiger partial charge in [-0.25, -0.2) is 9.37 Å². The standard InChI is InChI=1S/C20H11ClFN3O3/c21-16-9-13(22)5-7-15(16)20-24-17-10-14(6-8-19(17)28-20)23-11-12-3-1-2-4-18(12)25(26)27/h1-11H. The molecule has 4 rings (SSSR count). The Morgan fingerprint density at radius 1 is 1.14 bits per heavy atom. The first-order chi connectivity index (χ1) is 13.5. The van der Waals surface area contributed by atoms with Gasteiger partial charge in [-0.2, -0.15) is 0 Å². The van der Waals surface area contributed by atoms with Gasteiger partial charge in [0.1, 0.15) is 11.3 Å². The van der Waals surface area contributed by atoms with Crippen molar-refractivity contribution < 1.29 is 13.7 Å². The monoisotopic (exact) mass is 395 g/mol. The third kappa shape index (κ3) is 3.47. The average Bonchev–Trinajstić information content (AvgIpc) is 3.09. The smallest absolute Gasteiger partial charge is 0.278 e. The molecule has 1 aromatic heterocycles. The fraction of sp³-hybridized carbons (Fsp3) is 0. The van der Waals surface area contributed by atoms with Crippen molar-refractivity contribution in [2.45, 2.75) is 0 Å². The van der Waals surface area contributed by atoms with Crippen molar-refractivity contribution in [1.82, 2.24) is 4.98 Å². The van der Waals surface area contributed by atoms with E-state index in [2.05, 4.69) is 9.98 Å². The number of oxazole rings is 1. The van der Waals surface area contributed by atoms with E-state index in [0.717, 1.165) is 0 Å². The zero-order valence-corrected chi connectivity index (χ0v) is 14.9. The lowest BCUT2D eigenvalue weighted by molar-refractivity contribution is -0.385. The summed E-state index contributed by atoms with van der Waals surface area (Å²) in [4.78, 5) is 19.3. The van der Waals surface area contributed by atoms with Crippen molar-refractivity contribution in [1.29, 1.82) is 0 Å². The van der Waals surface area contributed by atoms with E-state index in [1.54, 1.807) is 36.4 Å². The van der Waals surface area contributed by atoms with Crippen LogP contribution in [0, 0.1) is 15.9 Å². The van der Waals surface area contributed by atoms with Crippen molar-refractivity contribution in [3.05, 3.63) is 87.2 Å². The van der Waals surface area contributed by atoms with Gasteiger partial charge in [0.15, 0.2) is 5.58 Å². The van der Waals surface area contributed by atoms with Gasteiger partial charge >= 0.3 is 0 Å². The highest BCUT2D eigenvalue weighted by molar-refractivity contribution is 6.33. The van der Waals surface area contributed by atoms with Gasteiger partial charge in [0.05, 0.1) is 26.8 Å². The first-order valence-corrected chi connectivity index (χ1v) is 8.52. The topological polar surface area (TPSA) is 81.5 Å². The molecular formula is C20H11ClFN3O3. The van der Waals surface area contributed by atoms with Gasteiger partial charge in [-0.1, -0.05) is 23.7 Å². The van der Waals surface area contributed by atoms with E-state index in [4.69, 9.17) is 16.0 Å². The summed E-state index contributed by atoms with van der Waals surface area (Å²) in [5.74, 6) is -0.184. The Morgan fingerprint density at radius 2 is 1.96 bits per heavy atom. The molecule has 8 heteroatoms. The molecule has 0 atom stereocenters. The van der Waals surface area contributed by atoms with Gasteiger partial charge in [-0.05, 0) is 42.5 Å². The molecule has 0 spiro atoms. The van der Waals surface area contributed by atoms with Crippen molar-refractivity contribution in [3.63, 3.8) is 0 Å². The van der Waals surface area contributed by atoms with Crippen molar-refractivity contribution in [2.24, 2.45) is 4.99 Å². The number of nitro benzene ring substituents is 1. The quantitative estimate of drug-likeness (QED) is 0.243. The minimum atomic E-state index is -0.457. The minimum absolute atomic E-state index is 0.0259. The normalized spacial score (nSPS) is 11.4. The Bertz CT molecular complexity index is 1240. The molecule has 0 saturated heterocycles. The van der Waals surface area contributed by atoms with Crippen LogP contribution in [0.15, 0.2) is 70.1 Å². The lowest BCUT2D eigenvalue weighted by atomic mass is 10.2. The van der Waals surface area contributed by atoms with E-state index in [1.807, 2.05) is 0 Å². The molecule has 0 aliphatic heterocycles. The second-order valence-electron chi connectivity index (χ2n) is 5.87. The van der Waals surface area contributed by atoms with Gasteiger partial charge in [0.25, 0.3) is 5.69 Å². The van der Waals surface area contributed by atoms with Gasteiger partial charge in [-0.3, -0.25) is 15.1 Å². The number of rotatable bonds is 4. The molecule has 6 nitrogen and oxygen atoms in total. The molecule has 0 bridgehead atoms. The summed E-state index contributed by atoms with van der Waals surface area (Å²) in [7, 11) is 0. The number of benzene rings is 3. The van der Waals surface area contributed by atoms with Crippen molar-refractivity contribution >= 4 is 40.3 Å². The van der Waals surface area contributed by atoms with Gasteiger partial charge in [0.2, 0.25) is 5.89 Å². The van der Waals surface area contributed by atoms with E-state index in [0.29, 0.717) is 27.9 Å². The van der Waals surface area contributed by atoms with Gasteiger partial charge in [0, 0.05) is 12.3 Å². The Kier molecular flexibility index (Phi) is 4.58. The highest BCUT2D eigenvalue weighted by Gasteiger charge is 2.13. The Balaban J connectivity index is 1.68. The fourth-order valence-corrected chi connectivity index (χ4v) is 2.93. The summed E-state index contributed by atoms with van der Waals surface area (Å²) >= 11 is 6.06.